The third-order valence-corrected chi connectivity index (χ3v) is 4.31. The molecule has 0 aliphatic heterocycles. The average molecular weight is 329 g/mol. The summed E-state index contributed by atoms with van der Waals surface area (Å²) in [5.74, 6) is -0.648. The van der Waals surface area contributed by atoms with E-state index in [1.165, 1.54) is 12.3 Å². The van der Waals surface area contributed by atoms with Crippen molar-refractivity contribution in [1.82, 2.24) is 4.57 Å². The topological polar surface area (TPSA) is 61.4 Å². The van der Waals surface area contributed by atoms with E-state index in [1.807, 2.05) is 4.57 Å². The SMILES string of the molecule is CCOC(=O)c1cn(C2CC2)c2c(cc(F)c3cc(C)oc32)c1=O. The van der Waals surface area contributed by atoms with Crippen LogP contribution in [-0.2, 0) is 4.74 Å². The number of fused-ring (bicyclic) bond motifs is 3. The highest BCUT2D eigenvalue weighted by Crippen LogP contribution is 2.39. The van der Waals surface area contributed by atoms with E-state index in [2.05, 4.69) is 0 Å². The molecule has 0 unspecified atom stereocenters. The fraction of sp³-hybridized carbons (Fsp3) is 0.333. The summed E-state index contributed by atoms with van der Waals surface area (Å²) in [6, 6.07) is 2.99. The number of halogens is 1. The van der Waals surface area contributed by atoms with Crippen LogP contribution >= 0.6 is 0 Å². The molecule has 0 spiro atoms. The first kappa shape index (κ1) is 14.9. The van der Waals surface area contributed by atoms with Crippen LogP contribution in [0.3, 0.4) is 0 Å². The highest BCUT2D eigenvalue weighted by atomic mass is 19.1. The van der Waals surface area contributed by atoms with Crippen LogP contribution in [0.25, 0.3) is 21.9 Å². The first-order valence-electron chi connectivity index (χ1n) is 7.96. The molecule has 5 nitrogen and oxygen atoms in total. The Labute approximate surface area is 136 Å². The van der Waals surface area contributed by atoms with Crippen molar-refractivity contribution in [1.29, 1.82) is 0 Å². The van der Waals surface area contributed by atoms with Gasteiger partial charge in [-0.15, -0.1) is 0 Å². The second-order valence-electron chi connectivity index (χ2n) is 6.09. The zero-order valence-corrected chi connectivity index (χ0v) is 13.4. The highest BCUT2D eigenvalue weighted by molar-refractivity contribution is 6.05. The molecule has 3 aromatic rings. The fourth-order valence-corrected chi connectivity index (χ4v) is 3.09. The van der Waals surface area contributed by atoms with Crippen LogP contribution in [0, 0.1) is 12.7 Å². The van der Waals surface area contributed by atoms with Crippen LogP contribution in [0.1, 0.15) is 41.9 Å². The van der Waals surface area contributed by atoms with E-state index in [9.17, 15) is 14.0 Å². The number of aromatic nitrogens is 1. The number of esters is 1. The Balaban J connectivity index is 2.14. The van der Waals surface area contributed by atoms with E-state index in [-0.39, 0.29) is 23.6 Å². The number of ether oxygens (including phenoxy) is 1. The number of rotatable bonds is 3. The lowest BCUT2D eigenvalue weighted by atomic mass is 10.1. The second-order valence-corrected chi connectivity index (χ2v) is 6.09. The molecule has 0 atom stereocenters. The minimum atomic E-state index is -0.685. The van der Waals surface area contributed by atoms with E-state index in [0.717, 1.165) is 12.8 Å². The summed E-state index contributed by atoms with van der Waals surface area (Å²) in [6.07, 6.45) is 3.41. The smallest absolute Gasteiger partial charge is 0.343 e. The van der Waals surface area contributed by atoms with Gasteiger partial charge in [0.1, 0.15) is 17.1 Å². The Bertz CT molecular complexity index is 1040. The van der Waals surface area contributed by atoms with Crippen molar-refractivity contribution in [3.63, 3.8) is 0 Å². The number of nitrogens with zero attached hydrogens (tertiary/aromatic N) is 1. The number of pyridine rings is 1. The lowest BCUT2D eigenvalue weighted by Gasteiger charge is -2.13. The van der Waals surface area contributed by atoms with Crippen molar-refractivity contribution in [2.24, 2.45) is 0 Å². The molecule has 1 saturated carbocycles. The van der Waals surface area contributed by atoms with Crippen molar-refractivity contribution in [3.05, 3.63) is 45.7 Å². The largest absolute Gasteiger partial charge is 0.462 e. The van der Waals surface area contributed by atoms with E-state index >= 15 is 0 Å². The zero-order valence-electron chi connectivity index (χ0n) is 13.4. The fourth-order valence-electron chi connectivity index (χ4n) is 3.09. The Morgan fingerprint density at radius 3 is 2.79 bits per heavy atom. The predicted molar refractivity (Wildman–Crippen MR) is 86.9 cm³/mol. The van der Waals surface area contributed by atoms with Crippen molar-refractivity contribution in [3.8, 4) is 0 Å². The van der Waals surface area contributed by atoms with Gasteiger partial charge in [0.2, 0.25) is 5.43 Å². The minimum Gasteiger partial charge on any atom is -0.462 e. The van der Waals surface area contributed by atoms with Gasteiger partial charge in [0.05, 0.1) is 22.9 Å². The molecule has 1 fully saturated rings. The molecule has 2 aromatic heterocycles. The van der Waals surface area contributed by atoms with Gasteiger partial charge in [-0.3, -0.25) is 4.79 Å². The molecule has 0 radical (unpaired) electrons. The molecule has 1 aliphatic rings. The van der Waals surface area contributed by atoms with Crippen LogP contribution in [0.4, 0.5) is 4.39 Å². The van der Waals surface area contributed by atoms with Gasteiger partial charge in [-0.2, -0.15) is 0 Å². The van der Waals surface area contributed by atoms with Crippen molar-refractivity contribution in [2.75, 3.05) is 6.61 Å². The third kappa shape index (κ3) is 2.13. The monoisotopic (exact) mass is 329 g/mol. The van der Waals surface area contributed by atoms with E-state index in [1.54, 1.807) is 19.9 Å². The molecule has 1 aromatic carbocycles. The van der Waals surface area contributed by atoms with Gasteiger partial charge in [0, 0.05) is 12.2 Å². The van der Waals surface area contributed by atoms with Gasteiger partial charge in [-0.05, 0) is 38.8 Å². The molecular weight excluding hydrogens is 313 g/mol. The molecule has 6 heteroatoms. The number of carbonyl (C=O) groups excluding carboxylic acids is 1. The van der Waals surface area contributed by atoms with Crippen LogP contribution in [0.5, 0.6) is 0 Å². The maximum atomic E-state index is 14.4. The van der Waals surface area contributed by atoms with Gasteiger partial charge in [-0.25, -0.2) is 9.18 Å². The molecule has 0 saturated heterocycles. The minimum absolute atomic E-state index is 0.0710. The summed E-state index contributed by atoms with van der Waals surface area (Å²) in [4.78, 5) is 24.8. The standard InChI is InChI=1S/C18H16FNO4/c1-3-23-18(22)13-8-20(10-4-5-10)15-12(16(13)21)7-14(19)11-6-9(2)24-17(11)15/h6-8,10H,3-5H2,1-2H3. The quantitative estimate of drug-likeness (QED) is 0.687. The molecule has 0 amide bonds. The van der Waals surface area contributed by atoms with Crippen LogP contribution in [0.2, 0.25) is 0 Å². The summed E-state index contributed by atoms with van der Waals surface area (Å²) in [6.45, 7) is 3.58. The Kier molecular flexibility index (Phi) is 3.23. The predicted octanol–water partition coefficient (Wildman–Crippen LogP) is 3.71. The van der Waals surface area contributed by atoms with E-state index < -0.39 is 17.2 Å². The number of hydrogen-bond donors (Lipinski definition) is 0. The van der Waals surface area contributed by atoms with Crippen LogP contribution in [-0.4, -0.2) is 17.1 Å². The summed E-state index contributed by atoms with van der Waals surface area (Å²) >= 11 is 0. The maximum Gasteiger partial charge on any atom is 0.343 e. The molecular formula is C18H16FNO4. The van der Waals surface area contributed by atoms with Crippen LogP contribution < -0.4 is 5.43 Å². The summed E-state index contributed by atoms with van der Waals surface area (Å²) in [5.41, 5.74) is 0.287. The average Bonchev–Trinajstić information content (AvgIpc) is 3.30. The summed E-state index contributed by atoms with van der Waals surface area (Å²) in [7, 11) is 0. The number of furan rings is 1. The van der Waals surface area contributed by atoms with Crippen molar-refractivity contribution in [2.45, 2.75) is 32.7 Å². The lowest BCUT2D eigenvalue weighted by molar-refractivity contribution is 0.0524. The highest BCUT2D eigenvalue weighted by Gasteiger charge is 2.29. The van der Waals surface area contributed by atoms with Gasteiger partial charge in [0.15, 0.2) is 5.58 Å². The van der Waals surface area contributed by atoms with Gasteiger partial charge >= 0.3 is 5.97 Å². The second kappa shape index (κ2) is 5.19. The number of aryl methyl sites for hydroxylation is 1. The first-order chi connectivity index (χ1) is 11.5. The lowest BCUT2D eigenvalue weighted by Crippen LogP contribution is -2.21. The number of carbonyl (C=O) groups is 1. The van der Waals surface area contributed by atoms with Gasteiger partial charge in [-0.1, -0.05) is 0 Å². The van der Waals surface area contributed by atoms with Crippen molar-refractivity contribution < 1.29 is 18.3 Å². The zero-order chi connectivity index (χ0) is 17.0. The Morgan fingerprint density at radius 1 is 1.38 bits per heavy atom. The Morgan fingerprint density at radius 2 is 2.12 bits per heavy atom. The van der Waals surface area contributed by atoms with Gasteiger partial charge < -0.3 is 13.7 Å². The van der Waals surface area contributed by atoms with Crippen LogP contribution in [0.15, 0.2) is 27.5 Å². The summed E-state index contributed by atoms with van der Waals surface area (Å²) in [5, 5.41) is 0.490. The third-order valence-electron chi connectivity index (χ3n) is 4.31. The number of benzene rings is 1. The molecule has 1 aliphatic carbocycles. The van der Waals surface area contributed by atoms with E-state index in [0.29, 0.717) is 22.2 Å². The number of hydrogen-bond acceptors (Lipinski definition) is 4. The maximum absolute atomic E-state index is 14.4. The summed E-state index contributed by atoms with van der Waals surface area (Å²) < 4.78 is 26.9. The molecule has 0 N–H and O–H groups in total. The molecule has 4 rings (SSSR count). The normalized spacial score (nSPS) is 14.5. The molecule has 0 bridgehead atoms. The van der Waals surface area contributed by atoms with E-state index in [4.69, 9.17) is 9.15 Å². The molecule has 24 heavy (non-hydrogen) atoms. The molecule has 2 heterocycles. The molecule has 124 valence electrons. The van der Waals surface area contributed by atoms with Crippen molar-refractivity contribution >= 4 is 27.8 Å². The Hall–Kier alpha value is -2.63. The first-order valence-corrected chi connectivity index (χ1v) is 7.96. The van der Waals surface area contributed by atoms with Gasteiger partial charge in [0.25, 0.3) is 0 Å².